The van der Waals surface area contributed by atoms with Gasteiger partial charge in [-0.25, -0.2) is 0 Å². The first-order chi connectivity index (χ1) is 11.1. The Hall–Kier alpha value is -1.46. The summed E-state index contributed by atoms with van der Waals surface area (Å²) in [6.45, 7) is 2.27. The van der Waals surface area contributed by atoms with Crippen molar-refractivity contribution in [1.82, 2.24) is 10.2 Å². The summed E-state index contributed by atoms with van der Waals surface area (Å²) in [4.78, 5) is 14.9. The van der Waals surface area contributed by atoms with Crippen molar-refractivity contribution in [1.29, 1.82) is 0 Å². The lowest BCUT2D eigenvalue weighted by Crippen LogP contribution is -2.48. The second kappa shape index (κ2) is 7.62. The second-order valence-electron chi connectivity index (χ2n) is 6.90. The third-order valence-corrected chi connectivity index (χ3v) is 5.47. The van der Waals surface area contributed by atoms with Gasteiger partial charge in [0.1, 0.15) is 0 Å². The van der Waals surface area contributed by atoms with E-state index >= 15 is 0 Å². The largest absolute Gasteiger partial charge is 0.504 e. The summed E-state index contributed by atoms with van der Waals surface area (Å²) >= 11 is 0. The van der Waals surface area contributed by atoms with Gasteiger partial charge < -0.3 is 20.1 Å². The summed E-state index contributed by atoms with van der Waals surface area (Å²) in [6, 6.07) is 5.30. The topological polar surface area (TPSA) is 61.8 Å². The van der Waals surface area contributed by atoms with Gasteiger partial charge in [-0.1, -0.05) is 18.9 Å². The molecule has 2 N–H and O–H groups in total. The number of hydrogen-bond acceptors (Lipinski definition) is 4. The summed E-state index contributed by atoms with van der Waals surface area (Å²) in [6.07, 6.45) is 4.51. The summed E-state index contributed by atoms with van der Waals surface area (Å²) in [5, 5.41) is 13.3. The number of nitrogens with one attached hydrogen (secondary N) is 1. The van der Waals surface area contributed by atoms with Gasteiger partial charge in [-0.05, 0) is 43.0 Å². The molecule has 0 spiro atoms. The van der Waals surface area contributed by atoms with E-state index in [9.17, 15) is 9.90 Å². The van der Waals surface area contributed by atoms with E-state index in [-0.39, 0.29) is 29.5 Å². The predicted molar refractivity (Wildman–Crippen MR) is 95.6 cm³/mol. The highest BCUT2D eigenvalue weighted by Gasteiger charge is 2.50. The van der Waals surface area contributed by atoms with Crippen LogP contribution in [0.15, 0.2) is 18.2 Å². The van der Waals surface area contributed by atoms with E-state index in [0.717, 1.165) is 37.9 Å². The van der Waals surface area contributed by atoms with Crippen molar-refractivity contribution in [2.75, 3.05) is 27.2 Å². The first-order valence-corrected chi connectivity index (χ1v) is 8.39. The molecule has 1 aromatic carbocycles. The monoisotopic (exact) mass is 354 g/mol. The Kier molecular flexibility index (Phi) is 5.99. The minimum absolute atomic E-state index is 0. The number of carbonyl (C=O) groups excluding carboxylic acids is 1. The first kappa shape index (κ1) is 18.9. The molecule has 6 heteroatoms. The van der Waals surface area contributed by atoms with Crippen LogP contribution < -0.4 is 10.1 Å². The van der Waals surface area contributed by atoms with Gasteiger partial charge in [-0.3, -0.25) is 4.79 Å². The number of amides is 1. The lowest BCUT2D eigenvalue weighted by atomic mass is 9.67. The first-order valence-electron chi connectivity index (χ1n) is 8.39. The normalized spacial score (nSPS) is 25.5. The summed E-state index contributed by atoms with van der Waals surface area (Å²) in [7, 11) is 3.39. The van der Waals surface area contributed by atoms with E-state index in [1.165, 1.54) is 13.5 Å². The van der Waals surface area contributed by atoms with Crippen molar-refractivity contribution in [3.63, 3.8) is 0 Å². The fraction of sp³-hybridized carbons (Fsp3) is 0.611. The molecular formula is C18H27ClN2O3. The van der Waals surface area contributed by atoms with Crippen molar-refractivity contribution in [3.05, 3.63) is 23.8 Å². The van der Waals surface area contributed by atoms with Crippen LogP contribution in [-0.4, -0.2) is 43.2 Å². The minimum atomic E-state index is -0.221. The highest BCUT2D eigenvalue weighted by Crippen LogP contribution is 2.45. The van der Waals surface area contributed by atoms with Gasteiger partial charge in [0, 0.05) is 20.1 Å². The van der Waals surface area contributed by atoms with Gasteiger partial charge in [0.05, 0.1) is 12.5 Å². The molecule has 2 atom stereocenters. The molecule has 1 heterocycles. The lowest BCUT2D eigenvalue weighted by molar-refractivity contribution is -0.144. The average Bonchev–Trinajstić information content (AvgIpc) is 2.99. The number of methoxy groups -OCH3 is 1. The molecule has 1 amide bonds. The van der Waals surface area contributed by atoms with Crippen LogP contribution in [-0.2, 0) is 11.3 Å². The molecule has 1 aliphatic heterocycles. The maximum atomic E-state index is 13.1. The molecule has 0 radical (unpaired) electrons. The van der Waals surface area contributed by atoms with E-state index in [2.05, 4.69) is 5.32 Å². The zero-order valence-corrected chi connectivity index (χ0v) is 15.2. The predicted octanol–water partition coefficient (Wildman–Crippen LogP) is 2.56. The van der Waals surface area contributed by atoms with Crippen LogP contribution in [0.4, 0.5) is 0 Å². The standard InChI is InChI=1S/C18H26N2O3.ClH/c1-20(11-13-6-7-16(23-2)15(21)9-13)17(22)18-8-4-3-5-14(18)10-19-12-18;/h6-7,9,14,19,21H,3-5,8,10-12H2,1-2H3;1H/t14-,18+;/m0./s1. The SMILES string of the molecule is COc1ccc(CN(C)C(=O)[C@@]23CCCC[C@H]2CNC3)cc1O.Cl. The van der Waals surface area contributed by atoms with Crippen LogP contribution in [0.2, 0.25) is 0 Å². The number of benzene rings is 1. The number of rotatable bonds is 4. The Morgan fingerprint density at radius 2 is 2.25 bits per heavy atom. The molecule has 1 aliphatic carbocycles. The smallest absolute Gasteiger partial charge is 0.230 e. The van der Waals surface area contributed by atoms with Crippen LogP contribution >= 0.6 is 12.4 Å². The molecule has 1 saturated carbocycles. The molecule has 0 unspecified atom stereocenters. The number of carbonyl (C=O) groups is 1. The lowest BCUT2D eigenvalue weighted by Gasteiger charge is -2.39. The fourth-order valence-corrected chi connectivity index (χ4v) is 4.23. The van der Waals surface area contributed by atoms with Gasteiger partial charge in [0.15, 0.2) is 11.5 Å². The van der Waals surface area contributed by atoms with Gasteiger partial charge >= 0.3 is 0 Å². The fourth-order valence-electron chi connectivity index (χ4n) is 4.23. The van der Waals surface area contributed by atoms with Crippen LogP contribution in [0.1, 0.15) is 31.2 Å². The number of phenolic OH excluding ortho intramolecular Hbond substituents is 1. The number of halogens is 1. The molecule has 1 aromatic rings. The second-order valence-corrected chi connectivity index (χ2v) is 6.90. The Labute approximate surface area is 149 Å². The van der Waals surface area contributed by atoms with Gasteiger partial charge in [0.2, 0.25) is 5.91 Å². The highest BCUT2D eigenvalue weighted by atomic mass is 35.5. The zero-order valence-electron chi connectivity index (χ0n) is 14.4. The van der Waals surface area contributed by atoms with Crippen molar-refractivity contribution in [3.8, 4) is 11.5 Å². The van der Waals surface area contributed by atoms with Gasteiger partial charge in [-0.15, -0.1) is 12.4 Å². The number of aromatic hydroxyl groups is 1. The molecule has 3 rings (SSSR count). The third-order valence-electron chi connectivity index (χ3n) is 5.47. The van der Waals surface area contributed by atoms with Crippen LogP contribution in [0.3, 0.4) is 0 Å². The third kappa shape index (κ3) is 3.33. The van der Waals surface area contributed by atoms with Crippen molar-refractivity contribution in [2.24, 2.45) is 11.3 Å². The molecule has 2 aliphatic rings. The van der Waals surface area contributed by atoms with E-state index in [4.69, 9.17) is 4.74 Å². The van der Waals surface area contributed by atoms with Crippen molar-refractivity contribution in [2.45, 2.75) is 32.2 Å². The van der Waals surface area contributed by atoms with Crippen LogP contribution in [0.25, 0.3) is 0 Å². The maximum Gasteiger partial charge on any atom is 0.230 e. The maximum absolute atomic E-state index is 13.1. The van der Waals surface area contributed by atoms with E-state index in [0.29, 0.717) is 18.2 Å². The Bertz CT molecular complexity index is 596. The molecule has 2 fully saturated rings. The molecule has 1 saturated heterocycles. The van der Waals surface area contributed by atoms with Crippen LogP contribution in [0.5, 0.6) is 11.5 Å². The molecule has 0 aromatic heterocycles. The van der Waals surface area contributed by atoms with Crippen LogP contribution in [0, 0.1) is 11.3 Å². The highest BCUT2D eigenvalue weighted by molar-refractivity contribution is 5.85. The molecule has 134 valence electrons. The molecule has 5 nitrogen and oxygen atoms in total. The summed E-state index contributed by atoms with van der Waals surface area (Å²) < 4.78 is 5.06. The number of hydrogen-bond donors (Lipinski definition) is 2. The molecule has 24 heavy (non-hydrogen) atoms. The summed E-state index contributed by atoms with van der Waals surface area (Å²) in [5.74, 6) is 1.27. The summed E-state index contributed by atoms with van der Waals surface area (Å²) in [5.41, 5.74) is 0.690. The quantitative estimate of drug-likeness (QED) is 0.872. The van der Waals surface area contributed by atoms with Gasteiger partial charge in [0.25, 0.3) is 0 Å². The van der Waals surface area contributed by atoms with Gasteiger partial charge in [-0.2, -0.15) is 0 Å². The Morgan fingerprint density at radius 3 is 2.96 bits per heavy atom. The molecular weight excluding hydrogens is 328 g/mol. The van der Waals surface area contributed by atoms with E-state index < -0.39 is 0 Å². The number of ether oxygens (including phenoxy) is 1. The van der Waals surface area contributed by atoms with E-state index in [1.807, 2.05) is 18.0 Å². The van der Waals surface area contributed by atoms with Crippen molar-refractivity contribution < 1.29 is 14.6 Å². The minimum Gasteiger partial charge on any atom is -0.504 e. The Morgan fingerprint density at radius 1 is 1.46 bits per heavy atom. The average molecular weight is 355 g/mol. The Balaban J connectivity index is 0.00000208. The molecule has 0 bridgehead atoms. The van der Waals surface area contributed by atoms with Crippen molar-refractivity contribution >= 4 is 18.3 Å². The zero-order chi connectivity index (χ0) is 16.4. The number of nitrogens with zero attached hydrogens (tertiary/aromatic N) is 1. The number of phenols is 1. The van der Waals surface area contributed by atoms with E-state index in [1.54, 1.807) is 12.1 Å². The number of fused-ring (bicyclic) bond motifs is 1.